The summed E-state index contributed by atoms with van der Waals surface area (Å²) in [6, 6.07) is 40.7. The van der Waals surface area contributed by atoms with Crippen LogP contribution in [-0.2, 0) is 18.8 Å². The quantitative estimate of drug-likeness (QED) is 0.0517. The standard InChI is InChI=1S/C32H31N7O4.C22H26BNO6.C16H17ClN6/c1-20-7-6-14-38(20)29-11-5-10-28(37-29)36-26-16-23(18-39-30(26)33-19-34-39)21-8-4-9-22(15-21)31(40)35-24-12-13-25(32(41)43-3)27(17-24)42-2;1-21(2)22(3,4)30-23(29-21)15-9-7-8-14(12-15)19(25)24-16-10-11-17(20(26)28-6)18(13-16)27-5;1-11-4-3-7-22(11)15-6-2-5-14(21-15)20-13-8-12(17)9-23-16(13)18-10-19-23/h4-5,8-13,15-20H,6-7,14H2,1-3H3,(H,35,40)(H,36,37);7-13H,1-6H3,(H,24,25);2,5-6,8-11H,3-4,7H2,1H3,(H,20,21). The Morgan fingerprint density at radius 2 is 1.04 bits per heavy atom. The molecule has 4 aromatic carbocycles. The van der Waals surface area contributed by atoms with E-state index in [1.165, 1.54) is 53.9 Å². The second kappa shape index (κ2) is 28.9. The highest BCUT2D eigenvalue weighted by atomic mass is 35.5. The van der Waals surface area contributed by atoms with E-state index in [9.17, 15) is 19.2 Å². The van der Waals surface area contributed by atoms with Gasteiger partial charge in [0.05, 0.1) is 56.0 Å². The van der Waals surface area contributed by atoms with Crippen molar-refractivity contribution in [2.75, 3.05) is 72.6 Å². The minimum Gasteiger partial charge on any atom is -0.496 e. The number of nitrogens with one attached hydrogen (secondary N) is 4. The third-order valence-corrected chi connectivity index (χ3v) is 17.5. The van der Waals surface area contributed by atoms with Crippen molar-refractivity contribution < 1.29 is 47.4 Å². The molecule has 3 saturated heterocycles. The molecule has 494 valence electrons. The van der Waals surface area contributed by atoms with Crippen LogP contribution in [0.15, 0.2) is 159 Å². The lowest BCUT2D eigenvalue weighted by Gasteiger charge is -2.32. The molecular weight excluding hydrogens is 1240 g/mol. The second-order valence-corrected chi connectivity index (χ2v) is 24.6. The van der Waals surface area contributed by atoms with Gasteiger partial charge in [-0.1, -0.05) is 48.0 Å². The third-order valence-electron chi connectivity index (χ3n) is 17.3. The molecule has 2 atom stereocenters. The zero-order valence-electron chi connectivity index (χ0n) is 54.9. The smallest absolute Gasteiger partial charge is 0.494 e. The fourth-order valence-electron chi connectivity index (χ4n) is 11.4. The van der Waals surface area contributed by atoms with Crippen LogP contribution in [0, 0.1) is 0 Å². The van der Waals surface area contributed by atoms with Gasteiger partial charge in [0.25, 0.3) is 11.8 Å². The van der Waals surface area contributed by atoms with Crippen LogP contribution in [0.1, 0.15) is 109 Å². The van der Waals surface area contributed by atoms with Gasteiger partial charge in [0, 0.05) is 77.8 Å². The number of rotatable bonds is 16. The highest BCUT2D eigenvalue weighted by molar-refractivity contribution is 6.62. The highest BCUT2D eigenvalue weighted by Crippen LogP contribution is 2.37. The van der Waals surface area contributed by atoms with E-state index in [-0.39, 0.29) is 22.9 Å². The molecule has 0 aliphatic carbocycles. The van der Waals surface area contributed by atoms with Crippen molar-refractivity contribution in [1.82, 2.24) is 39.2 Å². The van der Waals surface area contributed by atoms with Gasteiger partial charge < -0.3 is 59.3 Å². The average molecular weight is 1320 g/mol. The third kappa shape index (κ3) is 15.0. The number of hydrogen-bond acceptors (Lipinski definition) is 20. The van der Waals surface area contributed by atoms with E-state index in [0.29, 0.717) is 62.6 Å². The van der Waals surface area contributed by atoms with Crippen LogP contribution in [0.4, 0.5) is 46.0 Å². The number of benzene rings is 4. The van der Waals surface area contributed by atoms with E-state index >= 15 is 0 Å². The maximum Gasteiger partial charge on any atom is 0.494 e. The molecule has 24 nitrogen and oxygen atoms in total. The van der Waals surface area contributed by atoms with E-state index in [1.807, 2.05) is 101 Å². The number of nitrogens with zero attached hydrogens (tertiary/aromatic N) is 10. The van der Waals surface area contributed by atoms with Gasteiger partial charge in [-0.3, -0.25) is 9.59 Å². The molecule has 26 heteroatoms. The van der Waals surface area contributed by atoms with Crippen molar-refractivity contribution in [3.63, 3.8) is 0 Å². The first kappa shape index (κ1) is 66.8. The molecule has 2 unspecified atom stereocenters. The summed E-state index contributed by atoms with van der Waals surface area (Å²) < 4.78 is 35.6. The first-order valence-electron chi connectivity index (χ1n) is 31.3. The van der Waals surface area contributed by atoms with E-state index in [2.05, 4.69) is 71.1 Å². The Morgan fingerprint density at radius 1 is 0.562 bits per heavy atom. The monoisotopic (exact) mass is 1320 g/mol. The summed E-state index contributed by atoms with van der Waals surface area (Å²) in [5.41, 5.74) is 6.82. The molecule has 0 radical (unpaired) electrons. The average Bonchev–Trinajstić information content (AvgIpc) is 1.61. The molecule has 3 aliphatic heterocycles. The largest absolute Gasteiger partial charge is 0.496 e. The van der Waals surface area contributed by atoms with Crippen LogP contribution >= 0.6 is 11.6 Å². The second-order valence-electron chi connectivity index (χ2n) is 24.2. The molecule has 13 rings (SSSR count). The number of amides is 2. The Kier molecular flexibility index (Phi) is 20.1. The predicted molar refractivity (Wildman–Crippen MR) is 370 cm³/mol. The van der Waals surface area contributed by atoms with Crippen molar-refractivity contribution in [3.8, 4) is 22.6 Å². The summed E-state index contributed by atoms with van der Waals surface area (Å²) in [4.78, 5) is 72.8. The van der Waals surface area contributed by atoms with Gasteiger partial charge >= 0.3 is 19.1 Å². The number of aromatic nitrogens is 8. The van der Waals surface area contributed by atoms with Crippen LogP contribution in [0.2, 0.25) is 5.02 Å². The molecule has 0 saturated carbocycles. The molecule has 2 amide bonds. The Bertz CT molecular complexity index is 4490. The van der Waals surface area contributed by atoms with Crippen molar-refractivity contribution in [1.29, 1.82) is 0 Å². The minimum absolute atomic E-state index is 0.269. The summed E-state index contributed by atoms with van der Waals surface area (Å²) in [5.74, 6) is 2.38. The Hall–Kier alpha value is -10.6. The summed E-state index contributed by atoms with van der Waals surface area (Å²) in [6.45, 7) is 14.4. The van der Waals surface area contributed by atoms with Crippen molar-refractivity contribution in [3.05, 3.63) is 186 Å². The van der Waals surface area contributed by atoms with Crippen LogP contribution in [-0.4, -0.2) is 135 Å². The number of esters is 2. The molecule has 10 aromatic rings. The first-order chi connectivity index (χ1) is 46.2. The zero-order chi connectivity index (χ0) is 67.8. The lowest BCUT2D eigenvalue weighted by atomic mass is 9.78. The molecule has 0 spiro atoms. The number of ether oxygens (including phenoxy) is 4. The lowest BCUT2D eigenvalue weighted by molar-refractivity contribution is 0.00578. The normalized spacial score (nSPS) is 16.0. The lowest BCUT2D eigenvalue weighted by Crippen LogP contribution is -2.41. The van der Waals surface area contributed by atoms with Gasteiger partial charge in [-0.25, -0.2) is 38.6 Å². The van der Waals surface area contributed by atoms with Gasteiger partial charge in [0.1, 0.15) is 58.6 Å². The van der Waals surface area contributed by atoms with Crippen LogP contribution < -0.4 is 46.0 Å². The van der Waals surface area contributed by atoms with Gasteiger partial charge in [-0.05, 0) is 163 Å². The van der Waals surface area contributed by atoms with Crippen LogP contribution in [0.25, 0.3) is 22.4 Å². The fraction of sp³-hybridized carbons (Fsp3) is 0.286. The number of carbonyl (C=O) groups excluding carboxylic acids is 4. The van der Waals surface area contributed by atoms with E-state index < -0.39 is 30.3 Å². The highest BCUT2D eigenvalue weighted by Gasteiger charge is 2.51. The van der Waals surface area contributed by atoms with Gasteiger partial charge in [-0.15, -0.1) is 0 Å². The number of pyridine rings is 4. The molecule has 0 bridgehead atoms. The minimum atomic E-state index is -0.554. The van der Waals surface area contributed by atoms with Crippen molar-refractivity contribution >= 4 is 105 Å². The molecular formula is C70H74BClN14O10. The number of fused-ring (bicyclic) bond motifs is 2. The molecule has 4 N–H and O–H groups in total. The van der Waals surface area contributed by atoms with Gasteiger partial charge in [-0.2, -0.15) is 10.2 Å². The van der Waals surface area contributed by atoms with E-state index in [4.69, 9.17) is 49.8 Å². The molecule has 6 aromatic heterocycles. The van der Waals surface area contributed by atoms with E-state index in [1.54, 1.807) is 75.9 Å². The maximum atomic E-state index is 13.2. The number of carbonyl (C=O) groups is 4. The fourth-order valence-corrected chi connectivity index (χ4v) is 11.6. The van der Waals surface area contributed by atoms with Gasteiger partial charge in [0.15, 0.2) is 11.3 Å². The van der Waals surface area contributed by atoms with Crippen molar-refractivity contribution in [2.24, 2.45) is 0 Å². The maximum absolute atomic E-state index is 13.2. The Labute approximate surface area is 560 Å². The van der Waals surface area contributed by atoms with Crippen LogP contribution in [0.3, 0.4) is 0 Å². The van der Waals surface area contributed by atoms with Crippen LogP contribution in [0.5, 0.6) is 11.5 Å². The summed E-state index contributed by atoms with van der Waals surface area (Å²) >= 11 is 6.14. The topological polar surface area (TPSA) is 264 Å². The number of methoxy groups -OCH3 is 4. The Morgan fingerprint density at radius 3 is 1.53 bits per heavy atom. The van der Waals surface area contributed by atoms with E-state index in [0.717, 1.165) is 77.0 Å². The van der Waals surface area contributed by atoms with Gasteiger partial charge in [0.2, 0.25) is 0 Å². The molecule has 9 heterocycles. The predicted octanol–water partition coefficient (Wildman–Crippen LogP) is 12.1. The number of anilines is 8. The summed E-state index contributed by atoms with van der Waals surface area (Å²) in [5, 5.41) is 21.5. The number of halogens is 1. The first-order valence-corrected chi connectivity index (χ1v) is 31.6. The summed E-state index contributed by atoms with van der Waals surface area (Å²) in [7, 11) is 4.94. The number of hydrogen-bond donors (Lipinski definition) is 4. The van der Waals surface area contributed by atoms with Crippen molar-refractivity contribution in [2.45, 2.75) is 90.5 Å². The SMILES string of the molecule is CC1CCCN1c1cccc(Nc2cc(Cl)cn3ncnc23)n1.COC(=O)c1ccc(NC(=O)c2cccc(-c3cc(Nc4cccc(N5CCCC5C)n4)c4ncnn4c3)c2)cc1OC.COC(=O)c1ccc(NC(=O)c2cccc(B3OC(C)(C)C(C)(C)O3)c2)cc1OC. The molecule has 3 aliphatic rings. The summed E-state index contributed by atoms with van der Waals surface area (Å²) in [6.07, 6.45) is 11.4. The Balaban J connectivity index is 0.000000154. The zero-order valence-corrected chi connectivity index (χ0v) is 55.7. The molecule has 3 fully saturated rings. The molecule has 96 heavy (non-hydrogen) atoms.